The van der Waals surface area contributed by atoms with Gasteiger partial charge in [0.05, 0.1) is 13.2 Å². The van der Waals surface area contributed by atoms with Crippen LogP contribution in [0.2, 0.25) is 0 Å². The quantitative estimate of drug-likeness (QED) is 0.635. The van der Waals surface area contributed by atoms with E-state index < -0.39 is 6.10 Å². The molecule has 5 nitrogen and oxygen atoms in total. The SMILES string of the molecule is CCc1cccc(OC[C@H](O)CN(CCOC)CCOC)c1. The van der Waals surface area contributed by atoms with E-state index in [1.807, 2.05) is 18.2 Å². The van der Waals surface area contributed by atoms with Gasteiger partial charge in [-0.15, -0.1) is 0 Å². The fourth-order valence-electron chi connectivity index (χ4n) is 2.13. The Morgan fingerprint density at radius 3 is 2.41 bits per heavy atom. The number of benzene rings is 1. The van der Waals surface area contributed by atoms with Gasteiger partial charge in [0.2, 0.25) is 0 Å². The lowest BCUT2D eigenvalue weighted by atomic mass is 10.2. The van der Waals surface area contributed by atoms with Crippen LogP contribution in [0.1, 0.15) is 12.5 Å². The zero-order valence-corrected chi connectivity index (χ0v) is 14.0. The summed E-state index contributed by atoms with van der Waals surface area (Å²) >= 11 is 0. The minimum Gasteiger partial charge on any atom is -0.491 e. The normalized spacial score (nSPS) is 12.6. The second-order valence-corrected chi connectivity index (χ2v) is 5.25. The smallest absolute Gasteiger partial charge is 0.119 e. The molecule has 0 unspecified atom stereocenters. The predicted molar refractivity (Wildman–Crippen MR) is 87.5 cm³/mol. The van der Waals surface area contributed by atoms with E-state index in [0.29, 0.717) is 19.8 Å². The van der Waals surface area contributed by atoms with Crippen molar-refractivity contribution in [3.8, 4) is 5.75 Å². The van der Waals surface area contributed by atoms with Crippen molar-refractivity contribution in [1.82, 2.24) is 4.90 Å². The van der Waals surface area contributed by atoms with Crippen molar-refractivity contribution in [3.63, 3.8) is 0 Å². The Labute approximate surface area is 133 Å². The molecule has 0 aromatic heterocycles. The van der Waals surface area contributed by atoms with E-state index in [0.717, 1.165) is 25.3 Å². The van der Waals surface area contributed by atoms with Gasteiger partial charge in [-0.2, -0.15) is 0 Å². The average molecular weight is 311 g/mol. The maximum absolute atomic E-state index is 10.2. The lowest BCUT2D eigenvalue weighted by Gasteiger charge is -2.24. The van der Waals surface area contributed by atoms with Crippen molar-refractivity contribution in [1.29, 1.82) is 0 Å². The first-order valence-corrected chi connectivity index (χ1v) is 7.79. The number of rotatable bonds is 12. The summed E-state index contributed by atoms with van der Waals surface area (Å²) in [7, 11) is 3.35. The number of methoxy groups -OCH3 is 2. The number of nitrogens with zero attached hydrogens (tertiary/aromatic N) is 1. The summed E-state index contributed by atoms with van der Waals surface area (Å²) in [6.07, 6.45) is 0.431. The third-order valence-corrected chi connectivity index (χ3v) is 3.44. The van der Waals surface area contributed by atoms with Gasteiger partial charge in [-0.3, -0.25) is 4.90 Å². The Bertz CT molecular complexity index is 392. The molecule has 0 fully saturated rings. The van der Waals surface area contributed by atoms with Crippen LogP contribution in [0.3, 0.4) is 0 Å². The molecular formula is C17H29NO4. The molecular weight excluding hydrogens is 282 g/mol. The monoisotopic (exact) mass is 311 g/mol. The van der Waals surface area contributed by atoms with Crippen LogP contribution in [0.15, 0.2) is 24.3 Å². The maximum atomic E-state index is 10.2. The molecule has 1 aromatic rings. The van der Waals surface area contributed by atoms with Crippen LogP contribution in [0.5, 0.6) is 5.75 Å². The third kappa shape index (κ3) is 7.75. The van der Waals surface area contributed by atoms with Crippen LogP contribution >= 0.6 is 0 Å². The van der Waals surface area contributed by atoms with Gasteiger partial charge in [-0.1, -0.05) is 19.1 Å². The number of hydrogen-bond acceptors (Lipinski definition) is 5. The van der Waals surface area contributed by atoms with Crippen LogP contribution in [0.4, 0.5) is 0 Å². The highest BCUT2D eigenvalue weighted by atomic mass is 16.5. The number of hydrogen-bond donors (Lipinski definition) is 1. The van der Waals surface area contributed by atoms with Crippen molar-refractivity contribution in [3.05, 3.63) is 29.8 Å². The van der Waals surface area contributed by atoms with E-state index in [9.17, 15) is 5.11 Å². The molecule has 22 heavy (non-hydrogen) atoms. The number of aryl methyl sites for hydroxylation is 1. The predicted octanol–water partition coefficient (Wildman–Crippen LogP) is 1.58. The van der Waals surface area contributed by atoms with E-state index in [1.165, 1.54) is 5.56 Å². The van der Waals surface area contributed by atoms with E-state index in [2.05, 4.69) is 17.9 Å². The van der Waals surface area contributed by atoms with Gasteiger partial charge in [0, 0.05) is 33.9 Å². The summed E-state index contributed by atoms with van der Waals surface area (Å²) in [5.74, 6) is 0.804. The van der Waals surface area contributed by atoms with E-state index >= 15 is 0 Å². The third-order valence-electron chi connectivity index (χ3n) is 3.44. The van der Waals surface area contributed by atoms with Crippen molar-refractivity contribution < 1.29 is 19.3 Å². The summed E-state index contributed by atoms with van der Waals surface area (Å²) in [4.78, 5) is 2.11. The molecule has 0 spiro atoms. The van der Waals surface area contributed by atoms with E-state index in [-0.39, 0.29) is 6.61 Å². The summed E-state index contributed by atoms with van der Waals surface area (Å²) in [5, 5.41) is 10.2. The summed E-state index contributed by atoms with van der Waals surface area (Å²) in [6, 6.07) is 7.98. The lowest BCUT2D eigenvalue weighted by molar-refractivity contribution is 0.0460. The second-order valence-electron chi connectivity index (χ2n) is 5.25. The molecule has 1 atom stereocenters. The van der Waals surface area contributed by atoms with Gasteiger partial charge in [-0.05, 0) is 24.1 Å². The molecule has 0 bridgehead atoms. The van der Waals surface area contributed by atoms with E-state index in [4.69, 9.17) is 14.2 Å². The molecule has 0 saturated carbocycles. The van der Waals surface area contributed by atoms with Gasteiger partial charge >= 0.3 is 0 Å². The van der Waals surface area contributed by atoms with E-state index in [1.54, 1.807) is 14.2 Å². The molecule has 0 aliphatic rings. The Balaban J connectivity index is 2.39. The lowest BCUT2D eigenvalue weighted by Crippen LogP contribution is -2.39. The van der Waals surface area contributed by atoms with Crippen molar-refractivity contribution >= 4 is 0 Å². The summed E-state index contributed by atoms with van der Waals surface area (Å²) < 4.78 is 15.9. The molecule has 0 aliphatic heterocycles. The fourth-order valence-corrected chi connectivity index (χ4v) is 2.13. The molecule has 1 N–H and O–H groups in total. The van der Waals surface area contributed by atoms with Crippen LogP contribution in [-0.2, 0) is 15.9 Å². The Hall–Kier alpha value is -1.14. The van der Waals surface area contributed by atoms with Gasteiger partial charge in [-0.25, -0.2) is 0 Å². The van der Waals surface area contributed by atoms with Gasteiger partial charge in [0.1, 0.15) is 18.5 Å². The topological polar surface area (TPSA) is 51.2 Å². The molecule has 0 radical (unpaired) electrons. The zero-order chi connectivity index (χ0) is 16.2. The summed E-state index contributed by atoms with van der Waals surface area (Å²) in [6.45, 7) is 5.73. The van der Waals surface area contributed by atoms with Gasteiger partial charge in [0.15, 0.2) is 0 Å². The maximum Gasteiger partial charge on any atom is 0.119 e. The first-order chi connectivity index (χ1) is 10.7. The van der Waals surface area contributed by atoms with Crippen LogP contribution in [0, 0.1) is 0 Å². The van der Waals surface area contributed by atoms with Gasteiger partial charge in [0.25, 0.3) is 0 Å². The molecule has 5 heteroatoms. The molecule has 1 rings (SSSR count). The Morgan fingerprint density at radius 2 is 1.82 bits per heavy atom. The highest BCUT2D eigenvalue weighted by Gasteiger charge is 2.12. The van der Waals surface area contributed by atoms with Gasteiger partial charge < -0.3 is 19.3 Å². The largest absolute Gasteiger partial charge is 0.491 e. The molecule has 1 aromatic carbocycles. The first-order valence-electron chi connectivity index (χ1n) is 7.79. The van der Waals surface area contributed by atoms with Crippen LogP contribution in [-0.4, -0.2) is 69.8 Å². The average Bonchev–Trinajstić information content (AvgIpc) is 2.55. The Morgan fingerprint density at radius 1 is 1.14 bits per heavy atom. The van der Waals surface area contributed by atoms with Crippen LogP contribution < -0.4 is 4.74 Å². The number of ether oxygens (including phenoxy) is 3. The second kappa shape index (κ2) is 11.4. The minimum absolute atomic E-state index is 0.281. The van der Waals surface area contributed by atoms with Crippen LogP contribution in [0.25, 0.3) is 0 Å². The highest BCUT2D eigenvalue weighted by Crippen LogP contribution is 2.14. The molecule has 126 valence electrons. The molecule has 0 heterocycles. The molecule has 0 aliphatic carbocycles. The van der Waals surface area contributed by atoms with Crippen molar-refractivity contribution in [2.24, 2.45) is 0 Å². The zero-order valence-electron chi connectivity index (χ0n) is 14.0. The molecule has 0 amide bonds. The fraction of sp³-hybridized carbons (Fsp3) is 0.647. The number of aliphatic hydroxyl groups excluding tert-OH is 1. The molecule has 0 saturated heterocycles. The van der Waals surface area contributed by atoms with Crippen molar-refractivity contribution in [2.45, 2.75) is 19.4 Å². The summed E-state index contributed by atoms with van der Waals surface area (Å²) in [5.41, 5.74) is 1.23. The van der Waals surface area contributed by atoms with Crippen molar-refractivity contribution in [2.75, 3.05) is 53.7 Å². The standard InChI is InChI=1S/C17H29NO4/c1-4-15-6-5-7-17(12-15)22-14-16(19)13-18(8-10-20-2)9-11-21-3/h5-7,12,16,19H,4,8-11,13-14H2,1-3H3/t16-/m1/s1. The first kappa shape index (κ1) is 18.9. The number of aliphatic hydroxyl groups is 1. The highest BCUT2D eigenvalue weighted by molar-refractivity contribution is 5.28. The Kier molecular flexibility index (Phi) is 9.82. The minimum atomic E-state index is -0.543.